The Morgan fingerprint density at radius 1 is 1.17 bits per heavy atom. The van der Waals surface area contributed by atoms with E-state index in [0.717, 1.165) is 10.6 Å². The number of fused-ring (bicyclic) bond motifs is 1. The van der Waals surface area contributed by atoms with Gasteiger partial charge in [-0.25, -0.2) is 4.98 Å². The predicted octanol–water partition coefficient (Wildman–Crippen LogP) is 2.97. The van der Waals surface area contributed by atoms with Crippen LogP contribution < -0.4 is 16.2 Å². The van der Waals surface area contributed by atoms with E-state index in [-0.39, 0.29) is 17.9 Å². The zero-order valence-electron chi connectivity index (χ0n) is 15.8. The van der Waals surface area contributed by atoms with Crippen LogP contribution in [0.3, 0.4) is 0 Å². The molecule has 0 atom stereocenters. The normalized spacial score (nSPS) is 10.9. The number of thiophene rings is 1. The molecule has 0 aliphatic rings. The summed E-state index contributed by atoms with van der Waals surface area (Å²) in [7, 11) is 0. The number of aromatic amines is 1. The summed E-state index contributed by atoms with van der Waals surface area (Å²) in [6, 6.07) is 13.2. The first-order chi connectivity index (χ1) is 14.1. The molecule has 29 heavy (non-hydrogen) atoms. The highest BCUT2D eigenvalue weighted by Gasteiger charge is 2.15. The van der Waals surface area contributed by atoms with Gasteiger partial charge in [0.25, 0.3) is 11.3 Å². The van der Waals surface area contributed by atoms with Crippen LogP contribution in [0, 0.1) is 6.92 Å². The summed E-state index contributed by atoms with van der Waals surface area (Å²) in [5.74, 6) is 0.628. The fraction of sp³-hybridized carbons (Fsp3) is 0.200. The Morgan fingerprint density at radius 2 is 2.00 bits per heavy atom. The number of nitrogens with one attached hydrogen (secondary N) is 3. The van der Waals surface area contributed by atoms with E-state index in [1.165, 1.54) is 4.52 Å². The molecular formula is C20H20N6O2S. The zero-order valence-corrected chi connectivity index (χ0v) is 16.6. The van der Waals surface area contributed by atoms with Gasteiger partial charge in [-0.3, -0.25) is 14.7 Å². The largest absolute Gasteiger partial charge is 0.350 e. The molecule has 148 valence electrons. The lowest BCUT2D eigenvalue weighted by Gasteiger charge is -2.06. The fourth-order valence-corrected chi connectivity index (χ4v) is 3.63. The molecule has 9 heteroatoms. The van der Waals surface area contributed by atoms with Crippen LogP contribution in [0.2, 0.25) is 0 Å². The van der Waals surface area contributed by atoms with E-state index >= 15 is 0 Å². The number of aromatic nitrogens is 4. The van der Waals surface area contributed by atoms with Gasteiger partial charge in [0.05, 0.1) is 12.2 Å². The Morgan fingerprint density at radius 3 is 2.76 bits per heavy atom. The third-order valence-corrected chi connectivity index (χ3v) is 5.34. The molecular weight excluding hydrogens is 388 g/mol. The number of para-hydroxylation sites is 1. The molecule has 0 spiro atoms. The third kappa shape index (κ3) is 4.35. The van der Waals surface area contributed by atoms with Crippen LogP contribution in [-0.2, 0) is 17.8 Å². The molecule has 4 rings (SSSR count). The van der Waals surface area contributed by atoms with Crippen molar-refractivity contribution in [1.82, 2.24) is 19.6 Å². The summed E-state index contributed by atoms with van der Waals surface area (Å²) in [6.07, 6.45) is 0.493. The van der Waals surface area contributed by atoms with Crippen molar-refractivity contribution < 1.29 is 4.79 Å². The smallest absolute Gasteiger partial charge is 0.277 e. The van der Waals surface area contributed by atoms with Crippen molar-refractivity contribution in [3.8, 4) is 0 Å². The van der Waals surface area contributed by atoms with Crippen LogP contribution in [0.5, 0.6) is 0 Å². The molecule has 0 aliphatic heterocycles. The molecule has 4 aromatic rings. The Hall–Kier alpha value is -3.46. The van der Waals surface area contributed by atoms with E-state index in [4.69, 9.17) is 0 Å². The second kappa shape index (κ2) is 8.27. The van der Waals surface area contributed by atoms with Gasteiger partial charge in [0.2, 0.25) is 11.9 Å². The standard InChI is InChI=1S/C20H20N6O2S/c1-13-16(9-10-17(27)23-14-6-3-2-4-7-14)18(28)26-20(22-13)24-19(25-26)21-12-15-8-5-11-29-15/h2-8,11H,9-10,12H2,1H3,(H,23,27)(H2,21,22,24,25). The maximum Gasteiger partial charge on any atom is 0.277 e. The third-order valence-electron chi connectivity index (χ3n) is 4.46. The molecule has 8 nitrogen and oxygen atoms in total. The van der Waals surface area contributed by atoms with Crippen LogP contribution in [0.15, 0.2) is 52.6 Å². The summed E-state index contributed by atoms with van der Waals surface area (Å²) in [5.41, 5.74) is 1.57. The number of nitrogens with zero attached hydrogens (tertiary/aromatic N) is 3. The molecule has 1 amide bonds. The van der Waals surface area contributed by atoms with E-state index in [9.17, 15) is 9.59 Å². The highest BCUT2D eigenvalue weighted by Crippen LogP contribution is 2.12. The molecule has 3 N–H and O–H groups in total. The molecule has 0 saturated heterocycles. The summed E-state index contributed by atoms with van der Waals surface area (Å²) < 4.78 is 1.31. The Labute approximate surface area is 170 Å². The predicted molar refractivity (Wildman–Crippen MR) is 113 cm³/mol. The van der Waals surface area contributed by atoms with Gasteiger partial charge in [0, 0.05) is 22.5 Å². The van der Waals surface area contributed by atoms with Crippen LogP contribution in [-0.4, -0.2) is 25.5 Å². The number of carbonyl (C=O) groups is 1. The van der Waals surface area contributed by atoms with E-state index in [1.54, 1.807) is 18.3 Å². The Kier molecular flexibility index (Phi) is 5.39. The summed E-state index contributed by atoms with van der Waals surface area (Å²) >= 11 is 1.64. The van der Waals surface area contributed by atoms with Gasteiger partial charge in [-0.15, -0.1) is 11.3 Å². The summed E-state index contributed by atoms with van der Waals surface area (Å²) in [6.45, 7) is 2.37. The number of carbonyl (C=O) groups excluding carboxylic acids is 1. The molecule has 3 heterocycles. The van der Waals surface area contributed by atoms with Crippen molar-refractivity contribution in [2.75, 3.05) is 10.6 Å². The van der Waals surface area contributed by atoms with E-state index in [0.29, 0.717) is 35.9 Å². The average Bonchev–Trinajstić information content (AvgIpc) is 3.36. The van der Waals surface area contributed by atoms with Crippen molar-refractivity contribution in [2.24, 2.45) is 0 Å². The topological polar surface area (TPSA) is 104 Å². The SMILES string of the molecule is Cc1nc2nc(NCc3cccs3)[nH]n2c(=O)c1CCC(=O)Nc1ccccc1. The average molecular weight is 408 g/mol. The Balaban J connectivity index is 1.47. The number of aryl methyl sites for hydroxylation is 1. The summed E-state index contributed by atoms with van der Waals surface area (Å²) in [4.78, 5) is 35.0. The van der Waals surface area contributed by atoms with Crippen molar-refractivity contribution in [2.45, 2.75) is 26.3 Å². The fourth-order valence-electron chi connectivity index (χ4n) is 2.99. The van der Waals surface area contributed by atoms with Gasteiger partial charge in [0.15, 0.2) is 0 Å². The molecule has 0 aliphatic carbocycles. The second-order valence-electron chi connectivity index (χ2n) is 6.54. The first kappa shape index (κ1) is 18.9. The van der Waals surface area contributed by atoms with Gasteiger partial charge in [0.1, 0.15) is 0 Å². The van der Waals surface area contributed by atoms with Crippen molar-refractivity contribution in [3.63, 3.8) is 0 Å². The molecule has 0 saturated carbocycles. The van der Waals surface area contributed by atoms with Crippen LogP contribution in [0.25, 0.3) is 5.78 Å². The molecule has 0 bridgehead atoms. The molecule has 3 aromatic heterocycles. The molecule has 0 fully saturated rings. The van der Waals surface area contributed by atoms with Crippen LogP contribution >= 0.6 is 11.3 Å². The van der Waals surface area contributed by atoms with E-state index < -0.39 is 0 Å². The van der Waals surface area contributed by atoms with Crippen LogP contribution in [0.1, 0.15) is 22.6 Å². The van der Waals surface area contributed by atoms with E-state index in [2.05, 4.69) is 25.7 Å². The van der Waals surface area contributed by atoms with E-state index in [1.807, 2.05) is 47.8 Å². The minimum Gasteiger partial charge on any atom is -0.350 e. The number of amides is 1. The van der Waals surface area contributed by atoms with Crippen molar-refractivity contribution in [1.29, 1.82) is 0 Å². The first-order valence-corrected chi connectivity index (χ1v) is 10.1. The van der Waals surface area contributed by atoms with Gasteiger partial charge in [-0.1, -0.05) is 24.3 Å². The van der Waals surface area contributed by atoms with Crippen molar-refractivity contribution in [3.05, 3.63) is 74.3 Å². The maximum absolute atomic E-state index is 12.9. The van der Waals surface area contributed by atoms with Gasteiger partial charge in [-0.05, 0) is 36.9 Å². The van der Waals surface area contributed by atoms with Gasteiger partial charge in [-0.2, -0.15) is 9.50 Å². The lowest BCUT2D eigenvalue weighted by atomic mass is 10.1. The highest BCUT2D eigenvalue weighted by atomic mass is 32.1. The minimum atomic E-state index is -0.239. The number of rotatable bonds is 7. The monoisotopic (exact) mass is 408 g/mol. The van der Waals surface area contributed by atoms with Crippen LogP contribution in [0.4, 0.5) is 11.6 Å². The highest BCUT2D eigenvalue weighted by molar-refractivity contribution is 7.09. The second-order valence-corrected chi connectivity index (χ2v) is 7.57. The Bertz CT molecular complexity index is 1180. The summed E-state index contributed by atoms with van der Waals surface area (Å²) in [5, 5.41) is 10.9. The number of benzene rings is 1. The first-order valence-electron chi connectivity index (χ1n) is 9.19. The van der Waals surface area contributed by atoms with Crippen molar-refractivity contribution >= 4 is 34.7 Å². The molecule has 0 radical (unpaired) electrons. The quantitative estimate of drug-likeness (QED) is 0.436. The number of anilines is 2. The number of hydrogen-bond donors (Lipinski definition) is 3. The number of hydrogen-bond acceptors (Lipinski definition) is 6. The lowest BCUT2D eigenvalue weighted by molar-refractivity contribution is -0.116. The minimum absolute atomic E-state index is 0.150. The van der Waals surface area contributed by atoms with Gasteiger partial charge >= 0.3 is 0 Å². The zero-order chi connectivity index (χ0) is 20.2. The number of H-pyrrole nitrogens is 1. The molecule has 0 unspecified atom stereocenters. The lowest BCUT2D eigenvalue weighted by Crippen LogP contribution is -2.23. The maximum atomic E-state index is 12.9. The molecule has 1 aromatic carbocycles. The van der Waals surface area contributed by atoms with Gasteiger partial charge < -0.3 is 10.6 Å².